The van der Waals surface area contributed by atoms with Crippen LogP contribution in [0, 0.1) is 0 Å². The van der Waals surface area contributed by atoms with Crippen LogP contribution >= 0.6 is 11.6 Å². The monoisotopic (exact) mass is 632 g/mol. The Hall–Kier alpha value is -4.83. The molecule has 4 rings (SSSR count). The zero-order valence-corrected chi connectivity index (χ0v) is 26.6. The molecule has 1 atom stereocenters. The van der Waals surface area contributed by atoms with E-state index in [0.717, 1.165) is 11.1 Å². The van der Waals surface area contributed by atoms with Crippen molar-refractivity contribution < 1.29 is 28.6 Å². The highest BCUT2D eigenvalue weighted by molar-refractivity contribution is 6.43. The number of amides is 2. The van der Waals surface area contributed by atoms with Gasteiger partial charge in [0.1, 0.15) is 6.04 Å². The fourth-order valence-electron chi connectivity index (χ4n) is 5.02. The third-order valence-corrected chi connectivity index (χ3v) is 7.72. The SMILES string of the molecule is COc1cc(C(=O)C(=O)N(C)C(Cc2ccccc2)C(=O)N(CCCn2ccnc2)Cc2ccc(Cl)cc2)cc(OC)c1OC. The van der Waals surface area contributed by atoms with Gasteiger partial charge in [-0.25, -0.2) is 4.98 Å². The fraction of sp³-hybridized carbons (Fsp3) is 0.294. The number of carbonyl (C=O) groups excluding carboxylic acids is 3. The molecular formula is C34H37ClN4O6. The summed E-state index contributed by atoms with van der Waals surface area (Å²) in [5.74, 6) is -1.18. The first kappa shape index (κ1) is 33.1. The maximum atomic E-state index is 14.4. The normalized spacial score (nSPS) is 11.4. The number of ether oxygens (including phenoxy) is 3. The fourth-order valence-corrected chi connectivity index (χ4v) is 5.14. The number of Topliss-reactive ketones (excluding diaryl/α,β-unsaturated/α-hetero) is 1. The molecule has 0 fully saturated rings. The van der Waals surface area contributed by atoms with Crippen molar-refractivity contribution in [2.45, 2.75) is 32.0 Å². The summed E-state index contributed by atoms with van der Waals surface area (Å²) in [7, 11) is 5.79. The molecule has 10 nitrogen and oxygen atoms in total. The first-order valence-corrected chi connectivity index (χ1v) is 14.8. The molecule has 0 bridgehead atoms. The molecule has 45 heavy (non-hydrogen) atoms. The standard InChI is InChI=1S/C34H37ClN4O6/c1-37(34(42)31(40)26-20-29(43-2)32(45-4)30(21-26)44-3)28(19-24-9-6-5-7-10-24)33(41)39(17-8-16-38-18-15-36-23-38)22-25-11-13-27(35)14-12-25/h5-7,9-15,18,20-21,23,28H,8,16-17,19,22H2,1-4H3. The number of methoxy groups -OCH3 is 3. The molecule has 11 heteroatoms. The van der Waals surface area contributed by atoms with E-state index in [2.05, 4.69) is 4.98 Å². The van der Waals surface area contributed by atoms with Gasteiger partial charge in [0.25, 0.3) is 11.7 Å². The van der Waals surface area contributed by atoms with Crippen molar-refractivity contribution in [3.8, 4) is 17.2 Å². The van der Waals surface area contributed by atoms with Gasteiger partial charge in [0.15, 0.2) is 11.5 Å². The summed E-state index contributed by atoms with van der Waals surface area (Å²) in [4.78, 5) is 48.9. The Morgan fingerprint density at radius 3 is 2.16 bits per heavy atom. The molecule has 236 valence electrons. The molecule has 0 aliphatic rings. The number of aryl methyl sites for hydroxylation is 1. The Morgan fingerprint density at radius 1 is 0.911 bits per heavy atom. The second-order valence-electron chi connectivity index (χ2n) is 10.4. The van der Waals surface area contributed by atoms with Crippen LogP contribution in [0.3, 0.4) is 0 Å². The van der Waals surface area contributed by atoms with Gasteiger partial charge in [-0.1, -0.05) is 54.1 Å². The van der Waals surface area contributed by atoms with E-state index in [1.165, 1.54) is 45.4 Å². The first-order valence-electron chi connectivity index (χ1n) is 14.4. The number of carbonyl (C=O) groups is 3. The molecule has 0 saturated heterocycles. The van der Waals surface area contributed by atoms with Crippen molar-refractivity contribution in [1.29, 1.82) is 0 Å². The van der Waals surface area contributed by atoms with Crippen LogP contribution in [0.25, 0.3) is 0 Å². The van der Waals surface area contributed by atoms with Crippen LogP contribution in [0.15, 0.2) is 85.5 Å². The van der Waals surface area contributed by atoms with Crippen LogP contribution in [-0.4, -0.2) is 77.9 Å². The van der Waals surface area contributed by atoms with E-state index in [0.29, 0.717) is 36.8 Å². The lowest BCUT2D eigenvalue weighted by atomic mass is 10.0. The largest absolute Gasteiger partial charge is 0.493 e. The topological polar surface area (TPSA) is 103 Å². The zero-order valence-electron chi connectivity index (χ0n) is 25.8. The maximum absolute atomic E-state index is 14.4. The maximum Gasteiger partial charge on any atom is 0.295 e. The second-order valence-corrected chi connectivity index (χ2v) is 10.8. The Labute approximate surface area is 268 Å². The molecule has 0 spiro atoms. The molecule has 1 aromatic heterocycles. The summed E-state index contributed by atoms with van der Waals surface area (Å²) in [5, 5.41) is 0.592. The van der Waals surface area contributed by atoms with Crippen molar-refractivity contribution in [3.63, 3.8) is 0 Å². The predicted molar refractivity (Wildman–Crippen MR) is 171 cm³/mol. The minimum atomic E-state index is -0.966. The number of rotatable bonds is 15. The summed E-state index contributed by atoms with van der Waals surface area (Å²) in [6, 6.07) is 18.6. The minimum Gasteiger partial charge on any atom is -0.493 e. The van der Waals surface area contributed by atoms with Gasteiger partial charge in [-0.05, 0) is 41.8 Å². The van der Waals surface area contributed by atoms with Crippen LogP contribution in [0.5, 0.6) is 17.2 Å². The number of imidazole rings is 1. The number of aromatic nitrogens is 2. The summed E-state index contributed by atoms with van der Waals surface area (Å²) < 4.78 is 18.1. The lowest BCUT2D eigenvalue weighted by Crippen LogP contribution is -2.52. The van der Waals surface area contributed by atoms with E-state index in [1.54, 1.807) is 29.6 Å². The Balaban J connectivity index is 1.65. The van der Waals surface area contributed by atoms with Gasteiger partial charge in [-0.3, -0.25) is 14.4 Å². The van der Waals surface area contributed by atoms with Gasteiger partial charge in [0.2, 0.25) is 11.7 Å². The van der Waals surface area contributed by atoms with Gasteiger partial charge in [0.05, 0.1) is 27.7 Å². The quantitative estimate of drug-likeness (QED) is 0.135. The van der Waals surface area contributed by atoms with Gasteiger partial charge in [-0.15, -0.1) is 0 Å². The molecule has 0 aliphatic carbocycles. The number of ketones is 1. The second kappa shape index (κ2) is 15.8. The Morgan fingerprint density at radius 2 is 1.58 bits per heavy atom. The third-order valence-electron chi connectivity index (χ3n) is 7.47. The van der Waals surface area contributed by atoms with E-state index in [1.807, 2.05) is 53.2 Å². The van der Waals surface area contributed by atoms with Crippen molar-refractivity contribution in [2.75, 3.05) is 34.9 Å². The molecule has 0 radical (unpaired) electrons. The average Bonchev–Trinajstić information content (AvgIpc) is 3.59. The number of halogens is 1. The highest BCUT2D eigenvalue weighted by Gasteiger charge is 2.34. The molecule has 0 aliphatic heterocycles. The van der Waals surface area contributed by atoms with Gasteiger partial charge < -0.3 is 28.6 Å². The van der Waals surface area contributed by atoms with Crippen molar-refractivity contribution >= 4 is 29.2 Å². The van der Waals surface area contributed by atoms with E-state index in [4.69, 9.17) is 25.8 Å². The van der Waals surface area contributed by atoms with Crippen LogP contribution < -0.4 is 14.2 Å². The summed E-state index contributed by atoms with van der Waals surface area (Å²) in [6.07, 6.45) is 6.16. The average molecular weight is 633 g/mol. The molecule has 1 unspecified atom stereocenters. The van der Waals surface area contributed by atoms with Crippen LogP contribution in [0.2, 0.25) is 5.02 Å². The summed E-state index contributed by atoms with van der Waals surface area (Å²) in [6.45, 7) is 1.37. The molecule has 4 aromatic rings. The molecule has 2 amide bonds. The number of likely N-dealkylation sites (N-methyl/N-ethyl adjacent to an activating group) is 1. The Kier molecular flexibility index (Phi) is 11.6. The molecule has 0 N–H and O–H groups in total. The lowest BCUT2D eigenvalue weighted by Gasteiger charge is -2.33. The number of benzene rings is 3. The number of hydrogen-bond donors (Lipinski definition) is 0. The minimum absolute atomic E-state index is 0.0469. The zero-order chi connectivity index (χ0) is 32.3. The smallest absolute Gasteiger partial charge is 0.295 e. The lowest BCUT2D eigenvalue weighted by molar-refractivity contribution is -0.143. The van der Waals surface area contributed by atoms with Crippen molar-refractivity contribution in [3.05, 3.63) is 107 Å². The summed E-state index contributed by atoms with van der Waals surface area (Å²) >= 11 is 6.12. The molecular weight excluding hydrogens is 596 g/mol. The van der Waals surface area contributed by atoms with Crippen LogP contribution in [0.1, 0.15) is 27.9 Å². The molecule has 0 saturated carbocycles. The van der Waals surface area contributed by atoms with Crippen molar-refractivity contribution in [1.82, 2.24) is 19.4 Å². The van der Waals surface area contributed by atoms with E-state index in [9.17, 15) is 14.4 Å². The highest BCUT2D eigenvalue weighted by atomic mass is 35.5. The van der Waals surface area contributed by atoms with Gasteiger partial charge in [-0.2, -0.15) is 0 Å². The van der Waals surface area contributed by atoms with Crippen LogP contribution in [-0.2, 0) is 29.1 Å². The van der Waals surface area contributed by atoms with Gasteiger partial charge in [0, 0.05) is 56.1 Å². The van der Waals surface area contributed by atoms with E-state index >= 15 is 0 Å². The Bertz CT molecular complexity index is 1550. The van der Waals surface area contributed by atoms with E-state index < -0.39 is 17.7 Å². The van der Waals surface area contributed by atoms with Crippen molar-refractivity contribution in [2.24, 2.45) is 0 Å². The highest BCUT2D eigenvalue weighted by Crippen LogP contribution is 2.38. The number of nitrogens with zero attached hydrogens (tertiary/aromatic N) is 4. The predicted octanol–water partition coefficient (Wildman–Crippen LogP) is 4.93. The third kappa shape index (κ3) is 8.42. The summed E-state index contributed by atoms with van der Waals surface area (Å²) in [5.41, 5.74) is 1.78. The number of hydrogen-bond acceptors (Lipinski definition) is 7. The molecule has 3 aromatic carbocycles. The van der Waals surface area contributed by atoms with Crippen LogP contribution in [0.4, 0.5) is 0 Å². The van der Waals surface area contributed by atoms with E-state index in [-0.39, 0.29) is 29.4 Å². The molecule has 1 heterocycles. The first-order chi connectivity index (χ1) is 21.7. The van der Waals surface area contributed by atoms with Gasteiger partial charge >= 0.3 is 0 Å².